The molecular weight excluding hydrogens is 616 g/mol. The van der Waals surface area contributed by atoms with E-state index in [0.29, 0.717) is 17.8 Å². The smallest absolute Gasteiger partial charge is 0.304 e. The Hall–Kier alpha value is -3.21. The summed E-state index contributed by atoms with van der Waals surface area (Å²) < 4.78 is 30.3. The van der Waals surface area contributed by atoms with Crippen LogP contribution >= 0.6 is 15.9 Å². The summed E-state index contributed by atoms with van der Waals surface area (Å²) in [5.74, 6) is -0.558. The quantitative estimate of drug-likeness (QED) is 0.278. The maximum atomic E-state index is 14.4. The number of hydrogen-bond acceptors (Lipinski definition) is 4. The number of carbonyl (C=O) groups excluding carboxylic acids is 2. The zero-order chi connectivity index (χ0) is 31.0. The van der Waals surface area contributed by atoms with Gasteiger partial charge in [-0.15, -0.1) is 0 Å². The third kappa shape index (κ3) is 8.89. The van der Waals surface area contributed by atoms with Crippen molar-refractivity contribution in [2.24, 2.45) is 5.92 Å². The van der Waals surface area contributed by atoms with Crippen molar-refractivity contribution >= 4 is 43.6 Å². The zero-order valence-electron chi connectivity index (χ0n) is 25.2. The number of amides is 2. The van der Waals surface area contributed by atoms with Crippen LogP contribution in [0.4, 0.5) is 5.69 Å². The lowest BCUT2D eigenvalue weighted by Crippen LogP contribution is -2.54. The highest BCUT2D eigenvalue weighted by Gasteiger charge is 2.35. The van der Waals surface area contributed by atoms with Crippen LogP contribution < -0.4 is 9.62 Å². The standard InChI is InChI=1S/C32H41BrN4O4S/c1-23(2)20-34-32(39)30(19-26-11-8-7-9-12-26)36(21-27-13-10-14-28(33)18-27)31(38)22-37(42(40,41)35(5)6)29-17-24(3)15-16-25(29)4/h7-18,23,30H,19-22H2,1-6H3,(H,34,39)/t30-/m1/s1. The van der Waals surface area contributed by atoms with Crippen LogP contribution in [-0.4, -0.2) is 62.7 Å². The molecule has 1 N–H and O–H groups in total. The predicted molar refractivity (Wildman–Crippen MR) is 172 cm³/mol. The third-order valence-electron chi connectivity index (χ3n) is 6.85. The third-order valence-corrected chi connectivity index (χ3v) is 9.15. The molecule has 0 heterocycles. The Morgan fingerprint density at radius 1 is 0.905 bits per heavy atom. The molecule has 0 radical (unpaired) electrons. The normalized spacial score (nSPS) is 12.3. The van der Waals surface area contributed by atoms with E-state index in [1.165, 1.54) is 19.0 Å². The second-order valence-corrected chi connectivity index (χ2v) is 14.1. The highest BCUT2D eigenvalue weighted by Crippen LogP contribution is 2.26. The summed E-state index contributed by atoms with van der Waals surface area (Å²) in [7, 11) is -1.18. The fourth-order valence-corrected chi connectivity index (χ4v) is 6.06. The highest BCUT2D eigenvalue weighted by molar-refractivity contribution is 9.10. The van der Waals surface area contributed by atoms with E-state index >= 15 is 0 Å². The van der Waals surface area contributed by atoms with Crippen LogP contribution in [0.2, 0.25) is 0 Å². The van der Waals surface area contributed by atoms with E-state index in [2.05, 4.69) is 21.2 Å². The van der Waals surface area contributed by atoms with Crippen LogP contribution in [-0.2, 0) is 32.8 Å². The van der Waals surface area contributed by atoms with Gasteiger partial charge in [-0.3, -0.25) is 9.59 Å². The molecule has 0 spiro atoms. The first kappa shape index (κ1) is 33.3. The summed E-state index contributed by atoms with van der Waals surface area (Å²) in [5, 5.41) is 3.00. The van der Waals surface area contributed by atoms with Crippen LogP contribution in [0, 0.1) is 19.8 Å². The summed E-state index contributed by atoms with van der Waals surface area (Å²) in [6.07, 6.45) is 0.272. The number of benzene rings is 3. The zero-order valence-corrected chi connectivity index (χ0v) is 27.6. The SMILES string of the molecule is Cc1ccc(C)c(N(CC(=O)N(Cc2cccc(Br)c2)[C@H](Cc2ccccc2)C(=O)NCC(C)C)S(=O)(=O)N(C)C)c1. The van der Waals surface area contributed by atoms with Gasteiger partial charge in [0.2, 0.25) is 11.8 Å². The van der Waals surface area contributed by atoms with Gasteiger partial charge in [-0.05, 0) is 60.2 Å². The lowest BCUT2D eigenvalue weighted by Gasteiger charge is -2.35. The predicted octanol–water partition coefficient (Wildman–Crippen LogP) is 5.09. The van der Waals surface area contributed by atoms with Crippen molar-refractivity contribution < 1.29 is 18.0 Å². The molecule has 3 aromatic rings. The van der Waals surface area contributed by atoms with Crippen LogP contribution in [0.5, 0.6) is 0 Å². The van der Waals surface area contributed by atoms with Gasteiger partial charge in [0.1, 0.15) is 12.6 Å². The summed E-state index contributed by atoms with van der Waals surface area (Å²) >= 11 is 3.50. The average Bonchev–Trinajstić information content (AvgIpc) is 2.94. The molecule has 0 saturated carbocycles. The van der Waals surface area contributed by atoms with E-state index in [0.717, 1.165) is 29.8 Å². The number of rotatable bonds is 13. The highest BCUT2D eigenvalue weighted by atomic mass is 79.9. The van der Waals surface area contributed by atoms with Crippen molar-refractivity contribution in [1.82, 2.24) is 14.5 Å². The number of nitrogens with one attached hydrogen (secondary N) is 1. The monoisotopic (exact) mass is 656 g/mol. The van der Waals surface area contributed by atoms with Crippen LogP contribution in [0.25, 0.3) is 0 Å². The molecule has 0 bridgehead atoms. The lowest BCUT2D eigenvalue weighted by atomic mass is 10.0. The van der Waals surface area contributed by atoms with Crippen molar-refractivity contribution in [2.45, 2.75) is 46.7 Å². The molecule has 226 valence electrons. The van der Waals surface area contributed by atoms with Gasteiger partial charge in [0.15, 0.2) is 0 Å². The maximum absolute atomic E-state index is 14.4. The molecule has 3 aromatic carbocycles. The summed E-state index contributed by atoms with van der Waals surface area (Å²) in [6.45, 7) is 7.80. The summed E-state index contributed by atoms with van der Waals surface area (Å²) in [5.41, 5.74) is 3.70. The van der Waals surface area contributed by atoms with Gasteiger partial charge < -0.3 is 10.2 Å². The first-order chi connectivity index (χ1) is 19.8. The van der Waals surface area contributed by atoms with E-state index in [1.54, 1.807) is 6.07 Å². The van der Waals surface area contributed by atoms with Gasteiger partial charge in [-0.1, -0.05) is 84.4 Å². The molecule has 0 aromatic heterocycles. The van der Waals surface area contributed by atoms with Crippen molar-refractivity contribution in [3.8, 4) is 0 Å². The van der Waals surface area contributed by atoms with Crippen molar-refractivity contribution in [3.05, 3.63) is 99.5 Å². The summed E-state index contributed by atoms with van der Waals surface area (Å²) in [6, 6.07) is 21.7. The van der Waals surface area contributed by atoms with Crippen LogP contribution in [0.3, 0.4) is 0 Å². The number of anilines is 1. The number of carbonyl (C=O) groups is 2. The molecule has 0 fully saturated rings. The molecule has 3 rings (SSSR count). The molecule has 0 aliphatic carbocycles. The van der Waals surface area contributed by atoms with Gasteiger partial charge in [-0.2, -0.15) is 12.7 Å². The topological polar surface area (TPSA) is 90.0 Å². The maximum Gasteiger partial charge on any atom is 0.304 e. The van der Waals surface area contributed by atoms with Crippen LogP contribution in [0.15, 0.2) is 77.3 Å². The minimum Gasteiger partial charge on any atom is -0.354 e. The van der Waals surface area contributed by atoms with Crippen molar-refractivity contribution in [2.75, 3.05) is 31.5 Å². The van der Waals surface area contributed by atoms with E-state index in [9.17, 15) is 18.0 Å². The second-order valence-electron chi connectivity index (χ2n) is 11.1. The molecular formula is C32H41BrN4O4S. The molecule has 0 aliphatic heterocycles. The number of halogens is 1. The van der Waals surface area contributed by atoms with E-state index in [-0.39, 0.29) is 24.8 Å². The van der Waals surface area contributed by atoms with Gasteiger partial charge in [0.05, 0.1) is 5.69 Å². The Balaban J connectivity index is 2.12. The minimum absolute atomic E-state index is 0.119. The Labute approximate surface area is 259 Å². The van der Waals surface area contributed by atoms with Crippen molar-refractivity contribution in [3.63, 3.8) is 0 Å². The molecule has 0 unspecified atom stereocenters. The average molecular weight is 658 g/mol. The minimum atomic E-state index is -4.05. The van der Waals surface area contributed by atoms with Crippen LogP contribution in [0.1, 0.15) is 36.1 Å². The molecule has 1 atom stereocenters. The largest absolute Gasteiger partial charge is 0.354 e. The molecule has 0 saturated heterocycles. The lowest BCUT2D eigenvalue weighted by molar-refractivity contribution is -0.140. The molecule has 2 amide bonds. The second kappa shape index (κ2) is 14.8. The molecule has 8 nitrogen and oxygen atoms in total. The molecule has 0 aliphatic rings. The van der Waals surface area contributed by atoms with E-state index in [4.69, 9.17) is 0 Å². The van der Waals surface area contributed by atoms with Gasteiger partial charge >= 0.3 is 10.2 Å². The van der Waals surface area contributed by atoms with E-state index < -0.39 is 28.7 Å². The number of aryl methyl sites for hydroxylation is 2. The Kier molecular flexibility index (Phi) is 11.7. The Morgan fingerprint density at radius 3 is 2.19 bits per heavy atom. The fraction of sp³-hybridized carbons (Fsp3) is 0.375. The summed E-state index contributed by atoms with van der Waals surface area (Å²) in [4.78, 5) is 29.6. The van der Waals surface area contributed by atoms with Gasteiger partial charge in [-0.25, -0.2) is 4.31 Å². The Bertz CT molecular complexity index is 1480. The first-order valence-electron chi connectivity index (χ1n) is 13.9. The molecule has 10 heteroatoms. The van der Waals surface area contributed by atoms with E-state index in [1.807, 2.05) is 94.4 Å². The number of hydrogen-bond donors (Lipinski definition) is 1. The Morgan fingerprint density at radius 2 is 1.57 bits per heavy atom. The van der Waals surface area contributed by atoms with Gasteiger partial charge in [0.25, 0.3) is 0 Å². The molecule has 42 heavy (non-hydrogen) atoms. The first-order valence-corrected chi connectivity index (χ1v) is 16.1. The number of nitrogens with zero attached hydrogens (tertiary/aromatic N) is 3. The van der Waals surface area contributed by atoms with Crippen molar-refractivity contribution in [1.29, 1.82) is 0 Å². The van der Waals surface area contributed by atoms with Gasteiger partial charge in [0, 0.05) is 38.1 Å². The fourth-order valence-electron chi connectivity index (χ4n) is 4.50.